The summed E-state index contributed by atoms with van der Waals surface area (Å²) < 4.78 is 0. The standard InChI is InChI=1S/C14H20N2O/c1-14(9-4-10-14)16-13(17)8-7-11-5-2-3-6-12(11)15/h2-3,5-6H,4,7-10,15H2,1H3,(H,16,17). The van der Waals surface area contributed by atoms with Gasteiger partial charge in [0.05, 0.1) is 0 Å². The average Bonchev–Trinajstić information content (AvgIpc) is 2.26. The van der Waals surface area contributed by atoms with Crippen molar-refractivity contribution in [3.8, 4) is 0 Å². The van der Waals surface area contributed by atoms with Crippen LogP contribution in [0.3, 0.4) is 0 Å². The molecule has 0 atom stereocenters. The fourth-order valence-electron chi connectivity index (χ4n) is 2.24. The van der Waals surface area contributed by atoms with E-state index in [1.807, 2.05) is 24.3 Å². The molecule has 0 bridgehead atoms. The number of rotatable bonds is 4. The van der Waals surface area contributed by atoms with Gasteiger partial charge in [0.2, 0.25) is 5.91 Å². The Bertz CT molecular complexity index is 410. The Morgan fingerprint density at radius 3 is 2.71 bits per heavy atom. The number of anilines is 1. The van der Waals surface area contributed by atoms with Gasteiger partial charge < -0.3 is 11.1 Å². The van der Waals surface area contributed by atoms with Crippen molar-refractivity contribution >= 4 is 11.6 Å². The maximum absolute atomic E-state index is 11.8. The van der Waals surface area contributed by atoms with Crippen LogP contribution in [0.5, 0.6) is 0 Å². The van der Waals surface area contributed by atoms with Gasteiger partial charge in [0.15, 0.2) is 0 Å². The molecule has 1 fully saturated rings. The molecule has 0 spiro atoms. The lowest BCUT2D eigenvalue weighted by Crippen LogP contribution is -2.50. The van der Waals surface area contributed by atoms with Crippen LogP contribution < -0.4 is 11.1 Å². The van der Waals surface area contributed by atoms with Gasteiger partial charge in [-0.2, -0.15) is 0 Å². The average molecular weight is 232 g/mol. The summed E-state index contributed by atoms with van der Waals surface area (Å²) in [6.07, 6.45) is 4.67. The fraction of sp³-hybridized carbons (Fsp3) is 0.500. The quantitative estimate of drug-likeness (QED) is 0.782. The predicted molar refractivity (Wildman–Crippen MR) is 69.6 cm³/mol. The minimum atomic E-state index is 0.0549. The van der Waals surface area contributed by atoms with Gasteiger partial charge in [0.1, 0.15) is 0 Å². The number of nitrogen functional groups attached to an aromatic ring is 1. The van der Waals surface area contributed by atoms with Crippen LogP contribution in [0.4, 0.5) is 5.69 Å². The van der Waals surface area contributed by atoms with E-state index in [0.29, 0.717) is 12.8 Å². The van der Waals surface area contributed by atoms with Crippen LogP contribution in [-0.2, 0) is 11.2 Å². The number of amides is 1. The van der Waals surface area contributed by atoms with Crippen molar-refractivity contribution in [2.45, 2.75) is 44.6 Å². The van der Waals surface area contributed by atoms with E-state index in [0.717, 1.165) is 24.1 Å². The van der Waals surface area contributed by atoms with Crippen LogP contribution in [0, 0.1) is 0 Å². The molecule has 17 heavy (non-hydrogen) atoms. The Labute approximate surface area is 102 Å². The highest BCUT2D eigenvalue weighted by Crippen LogP contribution is 2.30. The maximum atomic E-state index is 11.8. The Morgan fingerprint density at radius 1 is 1.41 bits per heavy atom. The third-order valence-electron chi connectivity index (χ3n) is 3.57. The summed E-state index contributed by atoms with van der Waals surface area (Å²) in [6.45, 7) is 2.12. The van der Waals surface area contributed by atoms with E-state index in [9.17, 15) is 4.79 Å². The number of carbonyl (C=O) groups is 1. The van der Waals surface area contributed by atoms with E-state index >= 15 is 0 Å². The molecule has 1 aromatic carbocycles. The zero-order chi connectivity index (χ0) is 12.3. The molecule has 0 unspecified atom stereocenters. The third-order valence-corrected chi connectivity index (χ3v) is 3.57. The molecule has 0 aliphatic heterocycles. The van der Waals surface area contributed by atoms with Crippen molar-refractivity contribution in [1.29, 1.82) is 0 Å². The van der Waals surface area contributed by atoms with Gasteiger partial charge in [0.25, 0.3) is 0 Å². The summed E-state index contributed by atoms with van der Waals surface area (Å²) in [5, 5.41) is 3.10. The number of aryl methyl sites for hydroxylation is 1. The summed E-state index contributed by atoms with van der Waals surface area (Å²) in [5.41, 5.74) is 7.72. The van der Waals surface area contributed by atoms with Crippen molar-refractivity contribution in [2.75, 3.05) is 5.73 Å². The van der Waals surface area contributed by atoms with Crippen LogP contribution in [0.15, 0.2) is 24.3 Å². The van der Waals surface area contributed by atoms with Crippen LogP contribution >= 0.6 is 0 Å². The first-order chi connectivity index (χ1) is 8.09. The van der Waals surface area contributed by atoms with E-state index in [-0.39, 0.29) is 11.4 Å². The lowest BCUT2D eigenvalue weighted by atomic mass is 9.78. The maximum Gasteiger partial charge on any atom is 0.220 e. The molecule has 1 aliphatic rings. The molecule has 0 radical (unpaired) electrons. The van der Waals surface area contributed by atoms with Gasteiger partial charge in [-0.15, -0.1) is 0 Å². The molecule has 2 rings (SSSR count). The Balaban J connectivity index is 1.82. The lowest BCUT2D eigenvalue weighted by Gasteiger charge is -2.39. The van der Waals surface area contributed by atoms with Crippen LogP contribution in [0.25, 0.3) is 0 Å². The van der Waals surface area contributed by atoms with Gasteiger partial charge in [0, 0.05) is 17.6 Å². The zero-order valence-electron chi connectivity index (χ0n) is 10.3. The van der Waals surface area contributed by atoms with E-state index in [4.69, 9.17) is 5.73 Å². The topological polar surface area (TPSA) is 55.1 Å². The highest BCUT2D eigenvalue weighted by Gasteiger charge is 2.32. The van der Waals surface area contributed by atoms with Crippen LogP contribution in [0.1, 0.15) is 38.2 Å². The molecule has 0 saturated heterocycles. The molecular formula is C14H20N2O. The number of nitrogens with two attached hydrogens (primary N) is 1. The molecule has 3 nitrogen and oxygen atoms in total. The molecule has 1 aliphatic carbocycles. The zero-order valence-corrected chi connectivity index (χ0v) is 10.3. The van der Waals surface area contributed by atoms with Crippen molar-refractivity contribution < 1.29 is 4.79 Å². The largest absolute Gasteiger partial charge is 0.399 e. The first-order valence-corrected chi connectivity index (χ1v) is 6.23. The van der Waals surface area contributed by atoms with Gasteiger partial charge in [-0.3, -0.25) is 4.79 Å². The van der Waals surface area contributed by atoms with E-state index in [2.05, 4.69) is 12.2 Å². The molecule has 0 heterocycles. The summed E-state index contributed by atoms with van der Waals surface area (Å²) >= 11 is 0. The van der Waals surface area contributed by atoms with Gasteiger partial charge >= 0.3 is 0 Å². The second-order valence-electron chi connectivity index (χ2n) is 5.16. The number of benzene rings is 1. The third kappa shape index (κ3) is 2.99. The van der Waals surface area contributed by atoms with Crippen LogP contribution in [0.2, 0.25) is 0 Å². The summed E-state index contributed by atoms with van der Waals surface area (Å²) in [5.74, 6) is 0.135. The number of para-hydroxylation sites is 1. The molecule has 92 valence electrons. The Morgan fingerprint density at radius 2 is 2.12 bits per heavy atom. The minimum absolute atomic E-state index is 0.0549. The summed E-state index contributed by atoms with van der Waals surface area (Å²) in [6, 6.07) is 7.72. The number of hydrogen-bond acceptors (Lipinski definition) is 2. The molecular weight excluding hydrogens is 212 g/mol. The van der Waals surface area contributed by atoms with E-state index in [1.165, 1.54) is 6.42 Å². The smallest absolute Gasteiger partial charge is 0.220 e. The number of nitrogens with one attached hydrogen (secondary N) is 1. The van der Waals surface area contributed by atoms with Crippen molar-refractivity contribution in [2.24, 2.45) is 0 Å². The summed E-state index contributed by atoms with van der Waals surface area (Å²) in [4.78, 5) is 11.8. The van der Waals surface area contributed by atoms with Gasteiger partial charge in [-0.25, -0.2) is 0 Å². The second-order valence-corrected chi connectivity index (χ2v) is 5.16. The minimum Gasteiger partial charge on any atom is -0.399 e. The van der Waals surface area contributed by atoms with Crippen molar-refractivity contribution in [3.63, 3.8) is 0 Å². The lowest BCUT2D eigenvalue weighted by molar-refractivity contribution is -0.123. The highest BCUT2D eigenvalue weighted by molar-refractivity contribution is 5.77. The molecule has 1 amide bonds. The highest BCUT2D eigenvalue weighted by atomic mass is 16.1. The van der Waals surface area contributed by atoms with Crippen molar-refractivity contribution in [1.82, 2.24) is 5.32 Å². The molecule has 3 N–H and O–H groups in total. The van der Waals surface area contributed by atoms with Crippen LogP contribution in [-0.4, -0.2) is 11.4 Å². The number of carbonyl (C=O) groups excluding carboxylic acids is 1. The predicted octanol–water partition coefficient (Wildman–Crippen LogP) is 2.26. The van der Waals surface area contributed by atoms with Crippen molar-refractivity contribution in [3.05, 3.63) is 29.8 Å². The van der Waals surface area contributed by atoms with Gasteiger partial charge in [-0.1, -0.05) is 18.2 Å². The molecule has 3 heteroatoms. The Hall–Kier alpha value is -1.51. The first kappa shape index (κ1) is 12.0. The fourth-order valence-corrected chi connectivity index (χ4v) is 2.24. The molecule has 1 saturated carbocycles. The normalized spacial score (nSPS) is 17.2. The summed E-state index contributed by atoms with van der Waals surface area (Å²) in [7, 11) is 0. The van der Waals surface area contributed by atoms with Gasteiger partial charge in [-0.05, 0) is 44.2 Å². The molecule has 1 aromatic rings. The molecule has 0 aromatic heterocycles. The SMILES string of the molecule is CC1(NC(=O)CCc2ccccc2N)CCC1. The Kier molecular flexibility index (Phi) is 3.36. The van der Waals surface area contributed by atoms with E-state index in [1.54, 1.807) is 0 Å². The second kappa shape index (κ2) is 4.78. The first-order valence-electron chi connectivity index (χ1n) is 6.23. The monoisotopic (exact) mass is 232 g/mol. The van der Waals surface area contributed by atoms with E-state index < -0.39 is 0 Å². The number of hydrogen-bond donors (Lipinski definition) is 2.